The largest absolute Gasteiger partial charge is 0.507 e. The zero-order valence-corrected chi connectivity index (χ0v) is 15.4. The van der Waals surface area contributed by atoms with Crippen LogP contribution in [0.3, 0.4) is 0 Å². The van der Waals surface area contributed by atoms with Gasteiger partial charge in [0.2, 0.25) is 0 Å². The maximum absolute atomic E-state index is 12.3. The fraction of sp³-hybridized carbons (Fsp3) is 0. The second-order valence-electron chi connectivity index (χ2n) is 5.75. The van der Waals surface area contributed by atoms with Gasteiger partial charge in [0.1, 0.15) is 5.75 Å². The van der Waals surface area contributed by atoms with Crippen molar-refractivity contribution < 1.29 is 18.3 Å². The molecule has 0 aliphatic carbocycles. The van der Waals surface area contributed by atoms with Crippen LogP contribution in [0.1, 0.15) is 15.9 Å². The third kappa shape index (κ3) is 4.74. The first kappa shape index (κ1) is 19.1. The summed E-state index contributed by atoms with van der Waals surface area (Å²) in [7, 11) is -3.69. The lowest BCUT2D eigenvalue weighted by Crippen LogP contribution is -2.18. The van der Waals surface area contributed by atoms with Gasteiger partial charge < -0.3 is 5.11 Å². The maximum Gasteiger partial charge on any atom is 0.271 e. The number of hydrazone groups is 1. The Morgan fingerprint density at radius 2 is 1.54 bits per heavy atom. The van der Waals surface area contributed by atoms with Crippen LogP contribution in [0.25, 0.3) is 0 Å². The smallest absolute Gasteiger partial charge is 0.271 e. The van der Waals surface area contributed by atoms with Crippen LogP contribution in [-0.2, 0) is 10.0 Å². The molecule has 0 fully saturated rings. The number of anilines is 1. The number of amides is 1. The predicted octanol–water partition coefficient (Wildman–Crippen LogP) is 2.96. The molecule has 3 rings (SSSR count). The van der Waals surface area contributed by atoms with E-state index in [9.17, 15) is 18.3 Å². The van der Waals surface area contributed by atoms with Crippen molar-refractivity contribution in [1.82, 2.24) is 5.43 Å². The lowest BCUT2D eigenvalue weighted by Gasteiger charge is -2.08. The lowest BCUT2D eigenvalue weighted by molar-refractivity contribution is 0.0955. The topological polar surface area (TPSA) is 108 Å². The molecule has 0 saturated heterocycles. The molecule has 0 aromatic heterocycles. The Morgan fingerprint density at radius 3 is 2.21 bits per heavy atom. The summed E-state index contributed by atoms with van der Waals surface area (Å²) < 4.78 is 27.0. The van der Waals surface area contributed by atoms with E-state index in [4.69, 9.17) is 0 Å². The van der Waals surface area contributed by atoms with E-state index in [0.717, 1.165) is 0 Å². The molecule has 7 nitrogen and oxygen atoms in total. The van der Waals surface area contributed by atoms with Crippen LogP contribution in [0.15, 0.2) is 88.9 Å². The zero-order chi connectivity index (χ0) is 20.0. The van der Waals surface area contributed by atoms with E-state index in [1.807, 2.05) is 0 Å². The van der Waals surface area contributed by atoms with Crippen LogP contribution in [-0.4, -0.2) is 25.6 Å². The molecular weight excluding hydrogens is 378 g/mol. The highest BCUT2D eigenvalue weighted by Crippen LogP contribution is 2.16. The molecule has 0 spiro atoms. The standard InChI is InChI=1S/C20H17N3O4S/c24-19-9-5-4-6-16(19)14-21-22-20(25)15-10-12-17(13-11-15)23-28(26,27)18-7-2-1-3-8-18/h1-14,23-24H,(H,22,25)/b21-14-. The molecule has 0 unspecified atom stereocenters. The Morgan fingerprint density at radius 1 is 0.893 bits per heavy atom. The molecule has 1 amide bonds. The summed E-state index contributed by atoms with van der Waals surface area (Å²) in [6.07, 6.45) is 1.33. The van der Waals surface area contributed by atoms with E-state index in [1.165, 1.54) is 48.7 Å². The average molecular weight is 395 g/mol. The predicted molar refractivity (Wildman–Crippen MR) is 107 cm³/mol. The SMILES string of the molecule is O=C(N/N=C\c1ccccc1O)c1ccc(NS(=O)(=O)c2ccccc2)cc1. The van der Waals surface area contributed by atoms with E-state index in [0.29, 0.717) is 16.8 Å². The van der Waals surface area contributed by atoms with Crippen molar-refractivity contribution in [3.63, 3.8) is 0 Å². The van der Waals surface area contributed by atoms with Gasteiger partial charge in [-0.2, -0.15) is 5.10 Å². The van der Waals surface area contributed by atoms with E-state index in [-0.39, 0.29) is 10.6 Å². The number of carbonyl (C=O) groups excluding carboxylic acids is 1. The second kappa shape index (κ2) is 8.36. The van der Waals surface area contributed by atoms with Crippen LogP contribution in [0.2, 0.25) is 0 Å². The second-order valence-corrected chi connectivity index (χ2v) is 7.44. The minimum atomic E-state index is -3.69. The molecule has 3 N–H and O–H groups in total. The van der Waals surface area contributed by atoms with Crippen LogP contribution in [0, 0.1) is 0 Å². The van der Waals surface area contributed by atoms with E-state index in [1.54, 1.807) is 36.4 Å². The molecule has 0 radical (unpaired) electrons. The Hall–Kier alpha value is -3.65. The number of sulfonamides is 1. The van der Waals surface area contributed by atoms with Crippen LogP contribution >= 0.6 is 0 Å². The van der Waals surface area contributed by atoms with Gasteiger partial charge in [-0.3, -0.25) is 9.52 Å². The number of hydrogen-bond donors (Lipinski definition) is 3. The number of benzene rings is 3. The molecule has 0 heterocycles. The first-order valence-corrected chi connectivity index (χ1v) is 9.73. The minimum Gasteiger partial charge on any atom is -0.507 e. The summed E-state index contributed by atoms with van der Waals surface area (Å²) in [4.78, 5) is 12.3. The minimum absolute atomic E-state index is 0.0514. The van der Waals surface area contributed by atoms with Gasteiger partial charge in [0.25, 0.3) is 15.9 Å². The first-order valence-electron chi connectivity index (χ1n) is 8.25. The van der Waals surface area contributed by atoms with Gasteiger partial charge in [-0.15, -0.1) is 0 Å². The molecule has 8 heteroatoms. The van der Waals surface area contributed by atoms with Crippen LogP contribution in [0.4, 0.5) is 5.69 Å². The van der Waals surface area contributed by atoms with Crippen molar-refractivity contribution in [2.45, 2.75) is 4.90 Å². The molecular formula is C20H17N3O4S. The number of carbonyl (C=O) groups is 1. The Kier molecular flexibility index (Phi) is 5.71. The van der Waals surface area contributed by atoms with Gasteiger partial charge in [-0.1, -0.05) is 30.3 Å². The summed E-state index contributed by atoms with van der Waals surface area (Å²) in [6, 6.07) is 20.5. The number of hydrogen-bond acceptors (Lipinski definition) is 5. The summed E-state index contributed by atoms with van der Waals surface area (Å²) in [5.41, 5.74) is 3.45. The van der Waals surface area contributed by atoms with Crippen LogP contribution < -0.4 is 10.1 Å². The van der Waals surface area contributed by atoms with Gasteiger partial charge in [-0.05, 0) is 48.5 Å². The van der Waals surface area contributed by atoms with Gasteiger partial charge in [0.15, 0.2) is 0 Å². The highest BCUT2D eigenvalue weighted by molar-refractivity contribution is 7.92. The fourth-order valence-corrected chi connectivity index (χ4v) is 3.40. The molecule has 0 aliphatic rings. The number of nitrogens with zero attached hydrogens (tertiary/aromatic N) is 1. The number of aromatic hydroxyl groups is 1. The Balaban J connectivity index is 1.64. The molecule has 0 atom stereocenters. The molecule has 0 saturated carbocycles. The molecule has 3 aromatic carbocycles. The summed E-state index contributed by atoms with van der Waals surface area (Å²) in [5.74, 6) is -0.417. The zero-order valence-electron chi connectivity index (χ0n) is 14.6. The number of phenols is 1. The van der Waals surface area contributed by atoms with Gasteiger partial charge in [-0.25, -0.2) is 13.8 Å². The van der Waals surface area contributed by atoms with E-state index < -0.39 is 15.9 Å². The molecule has 28 heavy (non-hydrogen) atoms. The summed E-state index contributed by atoms with van der Waals surface area (Å²) >= 11 is 0. The van der Waals surface area contributed by atoms with Crippen molar-refractivity contribution in [2.24, 2.45) is 5.10 Å². The first-order chi connectivity index (χ1) is 13.5. The van der Waals surface area contributed by atoms with Crippen molar-refractivity contribution in [3.05, 3.63) is 90.0 Å². The quantitative estimate of drug-likeness (QED) is 0.440. The summed E-state index contributed by atoms with van der Waals surface area (Å²) in [6.45, 7) is 0. The van der Waals surface area contributed by atoms with Gasteiger partial charge in [0, 0.05) is 16.8 Å². The van der Waals surface area contributed by atoms with Crippen molar-refractivity contribution in [2.75, 3.05) is 4.72 Å². The third-order valence-electron chi connectivity index (χ3n) is 3.76. The van der Waals surface area contributed by atoms with Crippen molar-refractivity contribution in [1.29, 1.82) is 0 Å². The number of rotatable bonds is 6. The van der Waals surface area contributed by atoms with E-state index in [2.05, 4.69) is 15.2 Å². The average Bonchev–Trinajstić information content (AvgIpc) is 2.70. The number of para-hydroxylation sites is 1. The van der Waals surface area contributed by atoms with Crippen molar-refractivity contribution >= 4 is 27.8 Å². The Bertz CT molecular complexity index is 1100. The lowest BCUT2D eigenvalue weighted by atomic mass is 10.2. The van der Waals surface area contributed by atoms with E-state index >= 15 is 0 Å². The molecule has 142 valence electrons. The number of nitrogens with one attached hydrogen (secondary N) is 2. The molecule has 0 bridgehead atoms. The number of phenolic OH excluding ortho intramolecular Hbond substituents is 1. The monoisotopic (exact) mass is 395 g/mol. The maximum atomic E-state index is 12.3. The molecule has 3 aromatic rings. The van der Waals surface area contributed by atoms with Crippen LogP contribution in [0.5, 0.6) is 5.75 Å². The fourth-order valence-electron chi connectivity index (χ4n) is 2.33. The molecule has 0 aliphatic heterocycles. The summed E-state index contributed by atoms with van der Waals surface area (Å²) in [5, 5.41) is 13.4. The third-order valence-corrected chi connectivity index (χ3v) is 5.16. The Labute approximate surface area is 162 Å². The van der Waals surface area contributed by atoms with Gasteiger partial charge >= 0.3 is 0 Å². The highest BCUT2D eigenvalue weighted by atomic mass is 32.2. The van der Waals surface area contributed by atoms with Crippen molar-refractivity contribution in [3.8, 4) is 5.75 Å². The normalized spacial score (nSPS) is 11.3. The highest BCUT2D eigenvalue weighted by Gasteiger charge is 2.13. The van der Waals surface area contributed by atoms with Gasteiger partial charge in [0.05, 0.1) is 11.1 Å².